The Morgan fingerprint density at radius 1 is 1.31 bits per heavy atom. The highest BCUT2D eigenvalue weighted by Gasteiger charge is 2.20. The fraction of sp³-hybridized carbons (Fsp3) is 0.500. The smallest absolute Gasteiger partial charge is 0.237 e. The SMILES string of the molecule is O=C(CCl)N1CCN(c2ccnnc2)CC1. The molecule has 0 unspecified atom stereocenters. The molecular weight excluding hydrogens is 228 g/mol. The van der Waals surface area contributed by atoms with E-state index >= 15 is 0 Å². The van der Waals surface area contributed by atoms with Gasteiger partial charge in [0.1, 0.15) is 5.88 Å². The largest absolute Gasteiger partial charge is 0.367 e. The number of piperazine rings is 1. The average molecular weight is 241 g/mol. The van der Waals surface area contributed by atoms with Gasteiger partial charge < -0.3 is 9.80 Å². The Kier molecular flexibility index (Phi) is 3.56. The van der Waals surface area contributed by atoms with E-state index in [1.54, 1.807) is 17.3 Å². The average Bonchev–Trinajstić information content (AvgIpc) is 2.39. The van der Waals surface area contributed by atoms with Crippen molar-refractivity contribution in [2.75, 3.05) is 37.0 Å². The van der Waals surface area contributed by atoms with Crippen LogP contribution in [0.4, 0.5) is 5.69 Å². The lowest BCUT2D eigenvalue weighted by molar-refractivity contribution is -0.128. The van der Waals surface area contributed by atoms with Crippen molar-refractivity contribution in [3.63, 3.8) is 0 Å². The second-order valence-corrected chi connectivity index (χ2v) is 3.87. The highest BCUT2D eigenvalue weighted by Crippen LogP contribution is 2.13. The lowest BCUT2D eigenvalue weighted by Crippen LogP contribution is -2.49. The summed E-state index contributed by atoms with van der Waals surface area (Å²) in [6.45, 7) is 3.06. The summed E-state index contributed by atoms with van der Waals surface area (Å²) >= 11 is 5.52. The maximum absolute atomic E-state index is 11.4. The first-order valence-electron chi connectivity index (χ1n) is 5.16. The number of carbonyl (C=O) groups excluding carboxylic acids is 1. The van der Waals surface area contributed by atoms with Gasteiger partial charge in [0.05, 0.1) is 18.1 Å². The molecule has 0 N–H and O–H groups in total. The van der Waals surface area contributed by atoms with E-state index < -0.39 is 0 Å². The van der Waals surface area contributed by atoms with Crippen molar-refractivity contribution >= 4 is 23.2 Å². The summed E-state index contributed by atoms with van der Waals surface area (Å²) in [6.07, 6.45) is 3.41. The first-order valence-corrected chi connectivity index (χ1v) is 5.70. The van der Waals surface area contributed by atoms with Crippen molar-refractivity contribution in [1.29, 1.82) is 0 Å². The summed E-state index contributed by atoms with van der Waals surface area (Å²) in [5.74, 6) is 0.0748. The van der Waals surface area contributed by atoms with Gasteiger partial charge in [0.2, 0.25) is 5.91 Å². The van der Waals surface area contributed by atoms with E-state index in [9.17, 15) is 4.79 Å². The fourth-order valence-corrected chi connectivity index (χ4v) is 1.94. The molecule has 0 bridgehead atoms. The van der Waals surface area contributed by atoms with Gasteiger partial charge >= 0.3 is 0 Å². The molecule has 5 nitrogen and oxygen atoms in total. The summed E-state index contributed by atoms with van der Waals surface area (Å²) in [4.78, 5) is 15.3. The number of alkyl halides is 1. The van der Waals surface area contributed by atoms with Crippen LogP contribution in [0, 0.1) is 0 Å². The van der Waals surface area contributed by atoms with Crippen LogP contribution in [-0.2, 0) is 4.79 Å². The molecule has 1 saturated heterocycles. The lowest BCUT2D eigenvalue weighted by Gasteiger charge is -2.35. The van der Waals surface area contributed by atoms with Crippen molar-refractivity contribution in [3.8, 4) is 0 Å². The van der Waals surface area contributed by atoms with Gasteiger partial charge in [-0.05, 0) is 6.07 Å². The van der Waals surface area contributed by atoms with Gasteiger partial charge in [-0.25, -0.2) is 0 Å². The van der Waals surface area contributed by atoms with E-state index in [1.807, 2.05) is 6.07 Å². The minimum absolute atomic E-state index is 0.00849. The number of carbonyl (C=O) groups is 1. The van der Waals surface area contributed by atoms with Gasteiger partial charge in [-0.3, -0.25) is 4.79 Å². The van der Waals surface area contributed by atoms with Crippen LogP contribution in [0.15, 0.2) is 18.5 Å². The Morgan fingerprint density at radius 2 is 2.06 bits per heavy atom. The number of amides is 1. The Morgan fingerprint density at radius 3 is 2.62 bits per heavy atom. The maximum atomic E-state index is 11.4. The molecule has 2 rings (SSSR count). The van der Waals surface area contributed by atoms with Crippen LogP contribution < -0.4 is 4.90 Å². The second kappa shape index (κ2) is 5.12. The fourth-order valence-electron chi connectivity index (χ4n) is 1.77. The molecule has 16 heavy (non-hydrogen) atoms. The van der Waals surface area contributed by atoms with Gasteiger partial charge in [0.25, 0.3) is 0 Å². The standard InChI is InChI=1S/C10H13ClN4O/c11-7-10(16)15-5-3-14(4-6-15)9-1-2-12-13-8-9/h1-2,8H,3-7H2. The number of hydrogen-bond acceptors (Lipinski definition) is 4. The van der Waals surface area contributed by atoms with Gasteiger partial charge in [0.15, 0.2) is 0 Å². The molecule has 86 valence electrons. The molecule has 0 radical (unpaired) electrons. The van der Waals surface area contributed by atoms with Crippen molar-refractivity contribution in [3.05, 3.63) is 18.5 Å². The Bertz CT molecular complexity index is 351. The zero-order valence-corrected chi connectivity index (χ0v) is 9.60. The van der Waals surface area contributed by atoms with Crippen molar-refractivity contribution in [1.82, 2.24) is 15.1 Å². The minimum atomic E-state index is 0.00849. The molecule has 0 atom stereocenters. The van der Waals surface area contributed by atoms with E-state index in [0.29, 0.717) is 13.1 Å². The van der Waals surface area contributed by atoms with Crippen LogP contribution >= 0.6 is 11.6 Å². The molecule has 2 heterocycles. The van der Waals surface area contributed by atoms with E-state index in [4.69, 9.17) is 11.6 Å². The molecule has 1 aliphatic heterocycles. The molecule has 6 heteroatoms. The zero-order valence-electron chi connectivity index (χ0n) is 8.84. The topological polar surface area (TPSA) is 49.3 Å². The molecule has 1 aliphatic rings. The monoisotopic (exact) mass is 240 g/mol. The van der Waals surface area contributed by atoms with Crippen LogP contribution in [0.2, 0.25) is 0 Å². The van der Waals surface area contributed by atoms with E-state index in [0.717, 1.165) is 18.8 Å². The Hall–Kier alpha value is -1.36. The third-order valence-corrected chi connectivity index (χ3v) is 2.91. The number of aromatic nitrogens is 2. The molecule has 0 aliphatic carbocycles. The quantitative estimate of drug-likeness (QED) is 0.701. The predicted octanol–water partition coefficient (Wildman–Crippen LogP) is 0.364. The van der Waals surface area contributed by atoms with Crippen molar-refractivity contribution < 1.29 is 4.79 Å². The Labute approximate surface area is 99.0 Å². The normalized spacial score (nSPS) is 16.3. The molecule has 1 aromatic heterocycles. The van der Waals surface area contributed by atoms with Crippen LogP contribution in [0.3, 0.4) is 0 Å². The van der Waals surface area contributed by atoms with Crippen LogP contribution in [0.5, 0.6) is 0 Å². The van der Waals surface area contributed by atoms with Crippen LogP contribution in [-0.4, -0.2) is 53.1 Å². The summed E-state index contributed by atoms with van der Waals surface area (Å²) in [5, 5.41) is 7.57. The number of halogens is 1. The summed E-state index contributed by atoms with van der Waals surface area (Å²) in [7, 11) is 0. The number of rotatable bonds is 2. The van der Waals surface area contributed by atoms with Gasteiger partial charge in [-0.1, -0.05) is 0 Å². The van der Waals surface area contributed by atoms with E-state index in [-0.39, 0.29) is 11.8 Å². The molecule has 0 aromatic carbocycles. The third kappa shape index (κ3) is 2.41. The molecule has 0 spiro atoms. The van der Waals surface area contributed by atoms with Gasteiger partial charge in [-0.2, -0.15) is 10.2 Å². The summed E-state index contributed by atoms with van der Waals surface area (Å²) in [5.41, 5.74) is 1.05. The summed E-state index contributed by atoms with van der Waals surface area (Å²) in [6, 6.07) is 1.92. The summed E-state index contributed by atoms with van der Waals surface area (Å²) < 4.78 is 0. The van der Waals surface area contributed by atoms with Crippen molar-refractivity contribution in [2.24, 2.45) is 0 Å². The first kappa shape index (κ1) is 11.1. The highest BCUT2D eigenvalue weighted by atomic mass is 35.5. The molecule has 1 aromatic rings. The highest BCUT2D eigenvalue weighted by molar-refractivity contribution is 6.27. The zero-order chi connectivity index (χ0) is 11.4. The number of hydrogen-bond donors (Lipinski definition) is 0. The second-order valence-electron chi connectivity index (χ2n) is 3.60. The van der Waals surface area contributed by atoms with Crippen LogP contribution in [0.25, 0.3) is 0 Å². The maximum Gasteiger partial charge on any atom is 0.237 e. The lowest BCUT2D eigenvalue weighted by atomic mass is 10.3. The predicted molar refractivity (Wildman–Crippen MR) is 61.5 cm³/mol. The Balaban J connectivity index is 1.93. The van der Waals surface area contributed by atoms with E-state index in [1.165, 1.54) is 0 Å². The number of nitrogens with zero attached hydrogens (tertiary/aromatic N) is 4. The first-order chi connectivity index (χ1) is 7.81. The van der Waals surface area contributed by atoms with Crippen LogP contribution in [0.1, 0.15) is 0 Å². The molecular formula is C10H13ClN4O. The van der Waals surface area contributed by atoms with Gasteiger partial charge in [0, 0.05) is 26.2 Å². The van der Waals surface area contributed by atoms with Gasteiger partial charge in [-0.15, -0.1) is 11.6 Å². The molecule has 0 saturated carbocycles. The van der Waals surface area contributed by atoms with E-state index in [2.05, 4.69) is 15.1 Å². The minimum Gasteiger partial charge on any atom is -0.367 e. The third-order valence-electron chi connectivity index (χ3n) is 2.68. The number of anilines is 1. The molecule has 1 fully saturated rings. The molecule has 1 amide bonds. The van der Waals surface area contributed by atoms with Crippen molar-refractivity contribution in [2.45, 2.75) is 0 Å².